The van der Waals surface area contributed by atoms with Crippen molar-refractivity contribution in [3.05, 3.63) is 29.6 Å². The molecule has 0 aromatic heterocycles. The molecule has 1 aliphatic rings. The van der Waals surface area contributed by atoms with E-state index in [-0.39, 0.29) is 5.69 Å². The number of fused-ring (bicyclic) bond motifs is 1. The van der Waals surface area contributed by atoms with Gasteiger partial charge in [-0.05, 0) is 18.1 Å². The molecule has 0 radical (unpaired) electrons. The van der Waals surface area contributed by atoms with Crippen molar-refractivity contribution < 1.29 is 9.18 Å². The summed E-state index contributed by atoms with van der Waals surface area (Å²) in [7, 11) is 0. The minimum atomic E-state index is -0.478. The van der Waals surface area contributed by atoms with Crippen molar-refractivity contribution in [2.24, 2.45) is 5.84 Å². The highest BCUT2D eigenvalue weighted by Crippen LogP contribution is 2.22. The minimum absolute atomic E-state index is 0.241. The monoisotopic (exact) mass is 195 g/mol. The molecule has 0 saturated carbocycles. The van der Waals surface area contributed by atoms with E-state index in [1.807, 2.05) is 0 Å². The van der Waals surface area contributed by atoms with E-state index in [1.54, 1.807) is 12.1 Å². The number of para-hydroxylation sites is 1. The van der Waals surface area contributed by atoms with Gasteiger partial charge >= 0.3 is 6.03 Å². The van der Waals surface area contributed by atoms with Crippen molar-refractivity contribution in [2.75, 3.05) is 11.9 Å². The van der Waals surface area contributed by atoms with Gasteiger partial charge in [0.25, 0.3) is 0 Å². The fourth-order valence-corrected chi connectivity index (χ4v) is 1.44. The number of rotatable bonds is 0. The van der Waals surface area contributed by atoms with E-state index in [1.165, 1.54) is 6.07 Å². The lowest BCUT2D eigenvalue weighted by molar-refractivity contribution is 0.214. The van der Waals surface area contributed by atoms with Crippen molar-refractivity contribution in [1.29, 1.82) is 0 Å². The first-order chi connectivity index (χ1) is 6.68. The molecular formula is C9H10FN3O. The molecule has 0 unspecified atom stereocenters. The van der Waals surface area contributed by atoms with Crippen molar-refractivity contribution in [2.45, 2.75) is 6.42 Å². The lowest BCUT2D eigenvalue weighted by Gasteiger charge is -2.12. The molecule has 0 aliphatic carbocycles. The number of anilines is 1. The number of nitrogens with two attached hydrogens (primary N) is 1. The molecule has 3 N–H and O–H groups in total. The minimum Gasteiger partial charge on any atom is -0.304 e. The third kappa shape index (κ3) is 1.42. The maximum absolute atomic E-state index is 13.3. The molecule has 4 nitrogen and oxygen atoms in total. The first kappa shape index (κ1) is 8.96. The van der Waals surface area contributed by atoms with Crippen LogP contribution in [0.15, 0.2) is 18.2 Å². The first-order valence-corrected chi connectivity index (χ1v) is 4.29. The predicted molar refractivity (Wildman–Crippen MR) is 50.0 cm³/mol. The van der Waals surface area contributed by atoms with Crippen molar-refractivity contribution >= 4 is 11.7 Å². The predicted octanol–water partition coefficient (Wildman–Crippen LogP) is 1.09. The van der Waals surface area contributed by atoms with E-state index in [0.29, 0.717) is 13.0 Å². The van der Waals surface area contributed by atoms with Crippen LogP contribution in [0.1, 0.15) is 5.56 Å². The third-order valence-corrected chi connectivity index (χ3v) is 2.21. The van der Waals surface area contributed by atoms with Gasteiger partial charge in [0, 0.05) is 6.54 Å². The summed E-state index contributed by atoms with van der Waals surface area (Å²) in [6, 6.07) is 4.23. The zero-order chi connectivity index (χ0) is 10.1. The Balaban J connectivity index is 2.43. The number of halogens is 1. The molecule has 1 aromatic rings. The summed E-state index contributed by atoms with van der Waals surface area (Å²) in [4.78, 5) is 11.3. The van der Waals surface area contributed by atoms with E-state index in [9.17, 15) is 9.18 Å². The molecule has 0 bridgehead atoms. The standard InChI is InChI=1S/C9H10FN3O/c10-7-3-1-2-6-4-5-13(11)9(14)12-8(6)7/h1-3H,4-5,11H2,(H,12,14). The van der Waals surface area contributed by atoms with Gasteiger partial charge in [-0.25, -0.2) is 15.0 Å². The quantitative estimate of drug-likeness (QED) is 0.481. The SMILES string of the molecule is NN1CCc2cccc(F)c2NC1=O. The van der Waals surface area contributed by atoms with E-state index in [4.69, 9.17) is 5.84 Å². The number of nitrogens with one attached hydrogen (secondary N) is 1. The number of carbonyl (C=O) groups is 1. The summed E-state index contributed by atoms with van der Waals surface area (Å²) in [5.41, 5.74) is 1.01. The van der Waals surface area contributed by atoms with Crippen LogP contribution < -0.4 is 11.2 Å². The Kier molecular flexibility index (Phi) is 2.09. The van der Waals surface area contributed by atoms with Crippen LogP contribution in [0.5, 0.6) is 0 Å². The zero-order valence-corrected chi connectivity index (χ0v) is 7.46. The van der Waals surface area contributed by atoms with E-state index in [0.717, 1.165) is 10.6 Å². The van der Waals surface area contributed by atoms with Gasteiger partial charge in [-0.1, -0.05) is 12.1 Å². The molecule has 1 heterocycles. The Morgan fingerprint density at radius 2 is 2.29 bits per heavy atom. The average Bonchev–Trinajstić information content (AvgIpc) is 2.30. The molecule has 5 heteroatoms. The zero-order valence-electron chi connectivity index (χ0n) is 7.46. The van der Waals surface area contributed by atoms with Crippen LogP contribution in [-0.2, 0) is 6.42 Å². The maximum Gasteiger partial charge on any atom is 0.336 e. The highest BCUT2D eigenvalue weighted by molar-refractivity contribution is 5.90. The number of urea groups is 1. The third-order valence-electron chi connectivity index (χ3n) is 2.21. The number of hydrogen-bond donors (Lipinski definition) is 2. The molecule has 0 fully saturated rings. The number of amides is 2. The summed E-state index contributed by atoms with van der Waals surface area (Å²) < 4.78 is 13.3. The molecule has 2 amide bonds. The largest absolute Gasteiger partial charge is 0.336 e. The molecule has 74 valence electrons. The molecule has 1 aromatic carbocycles. The van der Waals surface area contributed by atoms with Crippen LogP contribution in [-0.4, -0.2) is 17.6 Å². The molecule has 2 rings (SSSR count). The van der Waals surface area contributed by atoms with Crippen LogP contribution in [0.3, 0.4) is 0 Å². The second-order valence-corrected chi connectivity index (χ2v) is 3.15. The van der Waals surface area contributed by atoms with Crippen LogP contribution >= 0.6 is 0 Å². The molecule has 0 atom stereocenters. The fourth-order valence-electron chi connectivity index (χ4n) is 1.44. The maximum atomic E-state index is 13.3. The van der Waals surface area contributed by atoms with Crippen molar-refractivity contribution in [3.8, 4) is 0 Å². The first-order valence-electron chi connectivity index (χ1n) is 4.29. The number of carbonyl (C=O) groups excluding carboxylic acids is 1. The number of hydrogen-bond acceptors (Lipinski definition) is 2. The molecule has 0 spiro atoms. The van der Waals surface area contributed by atoms with E-state index >= 15 is 0 Å². The Hall–Kier alpha value is -1.62. The molecule has 14 heavy (non-hydrogen) atoms. The Morgan fingerprint density at radius 1 is 1.50 bits per heavy atom. The van der Waals surface area contributed by atoms with Gasteiger partial charge in [0.1, 0.15) is 5.82 Å². The molecular weight excluding hydrogens is 185 g/mol. The smallest absolute Gasteiger partial charge is 0.304 e. The Morgan fingerprint density at radius 3 is 3.07 bits per heavy atom. The average molecular weight is 195 g/mol. The van der Waals surface area contributed by atoms with Crippen LogP contribution in [0.4, 0.5) is 14.9 Å². The van der Waals surface area contributed by atoms with E-state index in [2.05, 4.69) is 5.32 Å². The highest BCUT2D eigenvalue weighted by Gasteiger charge is 2.19. The lowest BCUT2D eigenvalue weighted by Crippen LogP contribution is -2.40. The van der Waals surface area contributed by atoms with Gasteiger partial charge in [-0.3, -0.25) is 5.01 Å². The normalized spacial score (nSPS) is 15.9. The van der Waals surface area contributed by atoms with Crippen LogP contribution in [0, 0.1) is 5.82 Å². The highest BCUT2D eigenvalue weighted by atomic mass is 19.1. The Bertz CT molecular complexity index is 380. The van der Waals surface area contributed by atoms with Gasteiger partial charge in [-0.2, -0.15) is 0 Å². The number of benzene rings is 1. The summed E-state index contributed by atoms with van der Waals surface area (Å²) in [6.07, 6.45) is 0.558. The lowest BCUT2D eigenvalue weighted by atomic mass is 10.1. The summed E-state index contributed by atoms with van der Waals surface area (Å²) >= 11 is 0. The van der Waals surface area contributed by atoms with Gasteiger partial charge in [-0.15, -0.1) is 0 Å². The van der Waals surface area contributed by atoms with Crippen molar-refractivity contribution in [3.63, 3.8) is 0 Å². The molecule has 1 aliphatic heterocycles. The molecule has 0 saturated heterocycles. The second-order valence-electron chi connectivity index (χ2n) is 3.15. The van der Waals surface area contributed by atoms with Crippen molar-refractivity contribution in [1.82, 2.24) is 5.01 Å². The number of nitrogens with zero attached hydrogens (tertiary/aromatic N) is 1. The van der Waals surface area contributed by atoms with Gasteiger partial charge in [0.05, 0.1) is 5.69 Å². The Labute approximate surface area is 80.5 Å². The van der Waals surface area contributed by atoms with Crippen LogP contribution in [0.2, 0.25) is 0 Å². The summed E-state index contributed by atoms with van der Waals surface area (Å²) in [5, 5.41) is 3.47. The topological polar surface area (TPSA) is 58.4 Å². The van der Waals surface area contributed by atoms with E-state index < -0.39 is 11.8 Å². The summed E-state index contributed by atoms with van der Waals surface area (Å²) in [5.74, 6) is 4.98. The van der Waals surface area contributed by atoms with Gasteiger partial charge in [0.2, 0.25) is 0 Å². The van der Waals surface area contributed by atoms with Crippen LogP contribution in [0.25, 0.3) is 0 Å². The van der Waals surface area contributed by atoms with Gasteiger partial charge in [0.15, 0.2) is 0 Å². The summed E-state index contributed by atoms with van der Waals surface area (Å²) in [6.45, 7) is 0.391. The van der Waals surface area contributed by atoms with Gasteiger partial charge < -0.3 is 5.32 Å². The second kappa shape index (κ2) is 3.26. The number of hydrazine groups is 1. The fraction of sp³-hybridized carbons (Fsp3) is 0.222.